The number of likely N-dealkylation sites (tertiary alicyclic amines) is 1. The molecule has 2 aromatic carbocycles. The maximum absolute atomic E-state index is 13.7. The van der Waals surface area contributed by atoms with Gasteiger partial charge in [0.2, 0.25) is 0 Å². The third kappa shape index (κ3) is 5.16. The summed E-state index contributed by atoms with van der Waals surface area (Å²) in [6, 6.07) is 9.70. The van der Waals surface area contributed by atoms with Crippen LogP contribution < -0.4 is 10.9 Å². The Morgan fingerprint density at radius 3 is 2.77 bits per heavy atom. The van der Waals surface area contributed by atoms with Crippen molar-refractivity contribution < 1.29 is 9.18 Å². The van der Waals surface area contributed by atoms with E-state index in [0.29, 0.717) is 63.8 Å². The molecule has 0 radical (unpaired) electrons. The maximum atomic E-state index is 13.7. The van der Waals surface area contributed by atoms with Gasteiger partial charge in [0.1, 0.15) is 17.2 Å². The standard InChI is InChI=1S/C29H30ClFN6O2/c1-17(12-18-13-20(31)4-5-22(18)30)33-23-6-7-32-28(38)26(23)27-34-24-14-19-16-37(11-10-36-8-2-3-9-36)29(39)21(19)15-25(24)35-27/h4-7,13-15,17H,2-3,8-12,16H2,1H3,(H,34,35)(H2,32,33,38). The number of pyridine rings is 1. The van der Waals surface area contributed by atoms with Gasteiger partial charge in [-0.3, -0.25) is 9.59 Å². The summed E-state index contributed by atoms with van der Waals surface area (Å²) in [7, 11) is 0. The molecule has 1 fully saturated rings. The molecular formula is C29H30ClFN6O2. The number of fused-ring (bicyclic) bond motifs is 2. The molecule has 1 amide bonds. The Balaban J connectivity index is 1.24. The molecule has 8 nitrogen and oxygen atoms in total. The van der Waals surface area contributed by atoms with E-state index in [0.717, 1.165) is 25.2 Å². The fraction of sp³-hybridized carbons (Fsp3) is 0.345. The zero-order valence-corrected chi connectivity index (χ0v) is 22.4. The number of aromatic amines is 2. The van der Waals surface area contributed by atoms with Crippen LogP contribution in [0, 0.1) is 5.82 Å². The molecule has 6 rings (SSSR count). The van der Waals surface area contributed by atoms with Crippen molar-refractivity contribution in [2.75, 3.05) is 31.5 Å². The van der Waals surface area contributed by atoms with Crippen LogP contribution in [0.2, 0.25) is 5.02 Å². The van der Waals surface area contributed by atoms with Crippen LogP contribution in [0.3, 0.4) is 0 Å². The van der Waals surface area contributed by atoms with Crippen LogP contribution in [0.4, 0.5) is 10.1 Å². The van der Waals surface area contributed by atoms with Gasteiger partial charge >= 0.3 is 0 Å². The van der Waals surface area contributed by atoms with E-state index < -0.39 is 0 Å². The molecule has 39 heavy (non-hydrogen) atoms. The smallest absolute Gasteiger partial charge is 0.261 e. The Bertz CT molecular complexity index is 1610. The average molecular weight is 549 g/mol. The first-order valence-electron chi connectivity index (χ1n) is 13.3. The van der Waals surface area contributed by atoms with Gasteiger partial charge in [0.25, 0.3) is 11.5 Å². The van der Waals surface area contributed by atoms with E-state index in [2.05, 4.69) is 20.2 Å². The first kappa shape index (κ1) is 25.6. The highest BCUT2D eigenvalue weighted by Gasteiger charge is 2.29. The zero-order valence-electron chi connectivity index (χ0n) is 21.7. The number of halogens is 2. The van der Waals surface area contributed by atoms with Gasteiger partial charge < -0.3 is 25.1 Å². The van der Waals surface area contributed by atoms with E-state index in [-0.39, 0.29) is 23.3 Å². The minimum Gasteiger partial charge on any atom is -0.381 e. The number of anilines is 1. The number of imidazole rings is 1. The van der Waals surface area contributed by atoms with Crippen LogP contribution in [0.1, 0.15) is 41.3 Å². The summed E-state index contributed by atoms with van der Waals surface area (Å²) in [4.78, 5) is 41.1. The van der Waals surface area contributed by atoms with Crippen molar-refractivity contribution in [2.45, 2.75) is 38.8 Å². The highest BCUT2D eigenvalue weighted by molar-refractivity contribution is 6.31. The fourth-order valence-electron chi connectivity index (χ4n) is 5.63. The van der Waals surface area contributed by atoms with Crippen molar-refractivity contribution in [3.05, 3.63) is 80.5 Å². The molecule has 2 aliphatic rings. The third-order valence-corrected chi connectivity index (χ3v) is 7.97. The van der Waals surface area contributed by atoms with E-state index in [4.69, 9.17) is 16.6 Å². The molecule has 10 heteroatoms. The van der Waals surface area contributed by atoms with Crippen molar-refractivity contribution in [2.24, 2.45) is 0 Å². The number of amides is 1. The zero-order chi connectivity index (χ0) is 27.1. The fourth-order valence-corrected chi connectivity index (χ4v) is 5.82. The van der Waals surface area contributed by atoms with Crippen molar-refractivity contribution in [1.82, 2.24) is 24.8 Å². The number of aromatic nitrogens is 3. The van der Waals surface area contributed by atoms with Crippen LogP contribution in [0.25, 0.3) is 22.4 Å². The Labute approximate surface area is 230 Å². The molecule has 4 heterocycles. The normalized spacial score (nSPS) is 16.3. The molecule has 0 bridgehead atoms. The number of hydrogen-bond acceptors (Lipinski definition) is 5. The number of rotatable bonds is 8. The lowest BCUT2D eigenvalue weighted by molar-refractivity contribution is 0.0763. The van der Waals surface area contributed by atoms with E-state index >= 15 is 0 Å². The van der Waals surface area contributed by atoms with Crippen molar-refractivity contribution >= 4 is 34.2 Å². The predicted octanol–water partition coefficient (Wildman–Crippen LogP) is 4.81. The van der Waals surface area contributed by atoms with Gasteiger partial charge in [0, 0.05) is 42.5 Å². The highest BCUT2D eigenvalue weighted by Crippen LogP contribution is 2.30. The van der Waals surface area contributed by atoms with Gasteiger partial charge in [0.15, 0.2) is 0 Å². The number of carbonyl (C=O) groups excluding carboxylic acids is 1. The summed E-state index contributed by atoms with van der Waals surface area (Å²) in [5, 5.41) is 3.85. The van der Waals surface area contributed by atoms with Crippen molar-refractivity contribution in [3.63, 3.8) is 0 Å². The number of carbonyl (C=O) groups is 1. The Morgan fingerprint density at radius 2 is 1.95 bits per heavy atom. The number of nitrogens with one attached hydrogen (secondary N) is 3. The highest BCUT2D eigenvalue weighted by atomic mass is 35.5. The van der Waals surface area contributed by atoms with Gasteiger partial charge in [-0.25, -0.2) is 9.37 Å². The number of benzene rings is 2. The first-order chi connectivity index (χ1) is 18.9. The minimum atomic E-state index is -0.346. The summed E-state index contributed by atoms with van der Waals surface area (Å²) in [5.41, 5.74) is 4.37. The Hall–Kier alpha value is -3.69. The summed E-state index contributed by atoms with van der Waals surface area (Å²) in [5.74, 6) is 0.0974. The second kappa shape index (κ2) is 10.5. The van der Waals surface area contributed by atoms with Crippen molar-refractivity contribution in [3.8, 4) is 11.4 Å². The van der Waals surface area contributed by atoms with Gasteiger partial charge in [-0.1, -0.05) is 11.6 Å². The van der Waals surface area contributed by atoms with Crippen molar-refractivity contribution in [1.29, 1.82) is 0 Å². The molecule has 1 atom stereocenters. The Morgan fingerprint density at radius 1 is 1.13 bits per heavy atom. The van der Waals surface area contributed by atoms with Crippen LogP contribution in [0.15, 0.2) is 47.4 Å². The lowest BCUT2D eigenvalue weighted by atomic mass is 10.1. The quantitative estimate of drug-likeness (QED) is 0.294. The first-order valence-corrected chi connectivity index (χ1v) is 13.7. The lowest BCUT2D eigenvalue weighted by Crippen LogP contribution is -2.33. The second-order valence-electron chi connectivity index (χ2n) is 10.5. The molecule has 2 aliphatic heterocycles. The predicted molar refractivity (Wildman–Crippen MR) is 151 cm³/mol. The van der Waals surface area contributed by atoms with E-state index in [1.807, 2.05) is 24.0 Å². The van der Waals surface area contributed by atoms with Gasteiger partial charge in [-0.15, -0.1) is 0 Å². The summed E-state index contributed by atoms with van der Waals surface area (Å²) in [6.45, 7) is 6.34. The van der Waals surface area contributed by atoms with Crippen LogP contribution in [-0.4, -0.2) is 62.9 Å². The summed E-state index contributed by atoms with van der Waals surface area (Å²) < 4.78 is 13.7. The molecule has 1 saturated heterocycles. The third-order valence-electron chi connectivity index (χ3n) is 7.60. The van der Waals surface area contributed by atoms with E-state index in [1.54, 1.807) is 18.3 Å². The average Bonchev–Trinajstić information content (AvgIpc) is 3.63. The summed E-state index contributed by atoms with van der Waals surface area (Å²) >= 11 is 6.26. The summed E-state index contributed by atoms with van der Waals surface area (Å²) in [6.07, 6.45) is 4.50. The molecule has 0 saturated carbocycles. The van der Waals surface area contributed by atoms with Gasteiger partial charge in [-0.05, 0) is 86.8 Å². The molecule has 0 spiro atoms. The van der Waals surface area contributed by atoms with Gasteiger partial charge in [0.05, 0.1) is 16.7 Å². The molecule has 0 aliphatic carbocycles. The van der Waals surface area contributed by atoms with E-state index in [1.165, 1.54) is 25.0 Å². The number of H-pyrrole nitrogens is 2. The molecule has 2 aromatic heterocycles. The van der Waals surface area contributed by atoms with E-state index in [9.17, 15) is 14.0 Å². The van der Waals surface area contributed by atoms with Gasteiger partial charge in [-0.2, -0.15) is 0 Å². The SMILES string of the molecule is CC(Cc1cc(F)ccc1Cl)Nc1cc[nH]c(=O)c1-c1nc2cc3c(cc2[nH]1)C(=O)N(CCN1CCCC1)C3. The van der Waals surface area contributed by atoms with Crippen LogP contribution in [-0.2, 0) is 13.0 Å². The molecule has 3 N–H and O–H groups in total. The largest absolute Gasteiger partial charge is 0.381 e. The minimum absolute atomic E-state index is 0.0343. The molecular weight excluding hydrogens is 519 g/mol. The molecule has 4 aromatic rings. The number of nitrogens with zero attached hydrogens (tertiary/aromatic N) is 3. The lowest BCUT2D eigenvalue weighted by Gasteiger charge is -2.20. The van der Waals surface area contributed by atoms with Crippen LogP contribution >= 0.6 is 11.6 Å². The second-order valence-corrected chi connectivity index (χ2v) is 10.9. The topological polar surface area (TPSA) is 97.1 Å². The molecule has 202 valence electrons. The Kier molecular flexibility index (Phi) is 6.86. The number of hydrogen-bond donors (Lipinski definition) is 3. The maximum Gasteiger partial charge on any atom is 0.261 e. The molecule has 1 unspecified atom stereocenters. The van der Waals surface area contributed by atoms with Crippen LogP contribution in [0.5, 0.6) is 0 Å². The monoisotopic (exact) mass is 548 g/mol.